The highest BCUT2D eigenvalue weighted by Gasteiger charge is 2.23. The van der Waals surface area contributed by atoms with Crippen molar-refractivity contribution in [3.63, 3.8) is 0 Å². The van der Waals surface area contributed by atoms with Gasteiger partial charge in [0.15, 0.2) is 0 Å². The largest absolute Gasteiger partial charge is 0.399 e. The second-order valence-corrected chi connectivity index (χ2v) is 4.72. The lowest BCUT2D eigenvalue weighted by molar-refractivity contribution is 0.0181. The topological polar surface area (TPSA) is 67.6 Å². The van der Waals surface area contributed by atoms with Crippen LogP contribution in [-0.4, -0.2) is 36.7 Å². The van der Waals surface area contributed by atoms with Crippen LogP contribution < -0.4 is 11.1 Å². The fourth-order valence-electron chi connectivity index (χ4n) is 2.31. The summed E-state index contributed by atoms with van der Waals surface area (Å²) in [5.74, 6) is 0. The van der Waals surface area contributed by atoms with Gasteiger partial charge in [-0.2, -0.15) is 0 Å². The van der Waals surface area contributed by atoms with Crippen molar-refractivity contribution >= 4 is 17.4 Å². The Kier molecular flexibility index (Phi) is 4.63. The standard InChI is InChI=1S/C14H21N3O2/c1-2-19-13-7-4-8-17(10-13)14(18)16-12-6-3-5-11(15)9-12/h3,5-6,9,13H,2,4,7-8,10,15H2,1H3,(H,16,18). The average Bonchev–Trinajstić information content (AvgIpc) is 2.39. The van der Waals surface area contributed by atoms with Crippen molar-refractivity contribution in [2.45, 2.75) is 25.9 Å². The first kappa shape index (κ1) is 13.7. The molecular formula is C14H21N3O2. The zero-order valence-corrected chi connectivity index (χ0v) is 11.3. The van der Waals surface area contributed by atoms with Gasteiger partial charge in [-0.25, -0.2) is 4.79 Å². The number of benzene rings is 1. The van der Waals surface area contributed by atoms with Gasteiger partial charge in [0.25, 0.3) is 0 Å². The van der Waals surface area contributed by atoms with Crippen LogP contribution in [0.4, 0.5) is 16.2 Å². The number of nitrogen functional groups attached to an aromatic ring is 1. The molecule has 0 spiro atoms. The van der Waals surface area contributed by atoms with Crippen LogP contribution in [0.15, 0.2) is 24.3 Å². The molecule has 1 aromatic rings. The van der Waals surface area contributed by atoms with Crippen molar-refractivity contribution in [1.82, 2.24) is 4.90 Å². The van der Waals surface area contributed by atoms with Gasteiger partial charge in [-0.05, 0) is 38.0 Å². The predicted octanol–water partition coefficient (Wildman–Crippen LogP) is 2.30. The fraction of sp³-hybridized carbons (Fsp3) is 0.500. The minimum atomic E-state index is -0.0880. The molecule has 1 aliphatic heterocycles. The van der Waals surface area contributed by atoms with E-state index in [1.807, 2.05) is 19.1 Å². The molecule has 1 saturated heterocycles. The normalized spacial score (nSPS) is 19.2. The summed E-state index contributed by atoms with van der Waals surface area (Å²) in [5.41, 5.74) is 7.06. The number of nitrogens with zero attached hydrogens (tertiary/aromatic N) is 1. The van der Waals surface area contributed by atoms with E-state index in [1.165, 1.54) is 0 Å². The van der Waals surface area contributed by atoms with E-state index in [9.17, 15) is 4.79 Å². The third-order valence-corrected chi connectivity index (χ3v) is 3.21. The van der Waals surface area contributed by atoms with Crippen LogP contribution in [0.5, 0.6) is 0 Å². The zero-order valence-electron chi connectivity index (χ0n) is 11.3. The van der Waals surface area contributed by atoms with Crippen molar-refractivity contribution in [3.8, 4) is 0 Å². The number of ether oxygens (including phenoxy) is 1. The molecule has 0 aromatic heterocycles. The van der Waals surface area contributed by atoms with Crippen molar-refractivity contribution in [1.29, 1.82) is 0 Å². The van der Waals surface area contributed by atoms with Crippen LogP contribution in [0.2, 0.25) is 0 Å². The molecule has 0 bridgehead atoms. The molecule has 3 N–H and O–H groups in total. The molecule has 1 atom stereocenters. The molecule has 1 heterocycles. The third-order valence-electron chi connectivity index (χ3n) is 3.21. The minimum absolute atomic E-state index is 0.0880. The molecule has 1 unspecified atom stereocenters. The van der Waals surface area contributed by atoms with Crippen LogP contribution in [0, 0.1) is 0 Å². The Bertz CT molecular complexity index is 434. The van der Waals surface area contributed by atoms with E-state index in [4.69, 9.17) is 10.5 Å². The lowest BCUT2D eigenvalue weighted by Gasteiger charge is -2.32. The number of anilines is 2. The monoisotopic (exact) mass is 263 g/mol. The lowest BCUT2D eigenvalue weighted by atomic mass is 10.1. The summed E-state index contributed by atoms with van der Waals surface area (Å²) in [5, 5.41) is 2.87. The molecule has 1 aliphatic rings. The molecular weight excluding hydrogens is 242 g/mol. The number of carbonyl (C=O) groups excluding carboxylic acids is 1. The van der Waals surface area contributed by atoms with E-state index >= 15 is 0 Å². The quantitative estimate of drug-likeness (QED) is 0.822. The minimum Gasteiger partial charge on any atom is -0.399 e. The molecule has 1 aromatic carbocycles. The Labute approximate surface area is 113 Å². The van der Waals surface area contributed by atoms with Gasteiger partial charge in [0.1, 0.15) is 0 Å². The molecule has 104 valence electrons. The van der Waals surface area contributed by atoms with Crippen molar-refractivity contribution in [3.05, 3.63) is 24.3 Å². The van der Waals surface area contributed by atoms with Gasteiger partial charge in [-0.3, -0.25) is 0 Å². The number of nitrogens with two attached hydrogens (primary N) is 1. The molecule has 2 rings (SSSR count). The van der Waals surface area contributed by atoms with Gasteiger partial charge in [0.05, 0.1) is 6.10 Å². The lowest BCUT2D eigenvalue weighted by Crippen LogP contribution is -2.45. The Morgan fingerprint density at radius 3 is 3.16 bits per heavy atom. The summed E-state index contributed by atoms with van der Waals surface area (Å²) in [6.45, 7) is 4.10. The summed E-state index contributed by atoms with van der Waals surface area (Å²) in [6, 6.07) is 7.11. The Morgan fingerprint density at radius 1 is 1.58 bits per heavy atom. The number of likely N-dealkylation sites (tertiary alicyclic amines) is 1. The maximum atomic E-state index is 12.1. The number of hydrogen-bond donors (Lipinski definition) is 2. The second-order valence-electron chi connectivity index (χ2n) is 4.72. The number of hydrogen-bond acceptors (Lipinski definition) is 3. The van der Waals surface area contributed by atoms with Crippen LogP contribution in [0.3, 0.4) is 0 Å². The number of urea groups is 1. The van der Waals surface area contributed by atoms with Gasteiger partial charge < -0.3 is 20.7 Å². The van der Waals surface area contributed by atoms with Crippen LogP contribution >= 0.6 is 0 Å². The first-order valence-electron chi connectivity index (χ1n) is 6.72. The number of piperidine rings is 1. The third kappa shape index (κ3) is 3.86. The van der Waals surface area contributed by atoms with Gasteiger partial charge in [-0.1, -0.05) is 6.07 Å². The summed E-state index contributed by atoms with van der Waals surface area (Å²) in [7, 11) is 0. The summed E-state index contributed by atoms with van der Waals surface area (Å²) < 4.78 is 5.59. The highest BCUT2D eigenvalue weighted by atomic mass is 16.5. The maximum Gasteiger partial charge on any atom is 0.321 e. The number of carbonyl (C=O) groups is 1. The van der Waals surface area contributed by atoms with Crippen LogP contribution in [-0.2, 0) is 4.74 Å². The Balaban J connectivity index is 1.92. The first-order valence-corrected chi connectivity index (χ1v) is 6.72. The Hall–Kier alpha value is -1.75. The first-order chi connectivity index (χ1) is 9.19. The SMILES string of the molecule is CCOC1CCCN(C(=O)Nc2cccc(N)c2)C1. The molecule has 0 radical (unpaired) electrons. The Morgan fingerprint density at radius 2 is 2.42 bits per heavy atom. The molecule has 5 heteroatoms. The van der Waals surface area contributed by atoms with E-state index in [1.54, 1.807) is 17.0 Å². The van der Waals surface area contributed by atoms with Crippen LogP contribution in [0.1, 0.15) is 19.8 Å². The highest BCUT2D eigenvalue weighted by molar-refractivity contribution is 5.89. The van der Waals surface area contributed by atoms with Gasteiger partial charge in [0.2, 0.25) is 0 Å². The van der Waals surface area contributed by atoms with E-state index in [0.29, 0.717) is 18.8 Å². The average molecular weight is 263 g/mol. The second kappa shape index (κ2) is 6.43. The van der Waals surface area contributed by atoms with E-state index in [-0.39, 0.29) is 12.1 Å². The molecule has 0 aliphatic carbocycles. The van der Waals surface area contributed by atoms with E-state index in [2.05, 4.69) is 5.32 Å². The molecule has 5 nitrogen and oxygen atoms in total. The van der Waals surface area contributed by atoms with E-state index in [0.717, 1.165) is 25.1 Å². The number of nitrogens with one attached hydrogen (secondary N) is 1. The molecule has 1 fully saturated rings. The fourth-order valence-corrected chi connectivity index (χ4v) is 2.31. The summed E-state index contributed by atoms with van der Waals surface area (Å²) in [6.07, 6.45) is 2.16. The van der Waals surface area contributed by atoms with Crippen molar-refractivity contribution in [2.75, 3.05) is 30.7 Å². The predicted molar refractivity (Wildman–Crippen MR) is 76.1 cm³/mol. The van der Waals surface area contributed by atoms with Gasteiger partial charge in [0, 0.05) is 31.1 Å². The molecule has 2 amide bonds. The van der Waals surface area contributed by atoms with Gasteiger partial charge >= 0.3 is 6.03 Å². The summed E-state index contributed by atoms with van der Waals surface area (Å²) in [4.78, 5) is 13.9. The van der Waals surface area contributed by atoms with Crippen molar-refractivity contribution < 1.29 is 9.53 Å². The smallest absolute Gasteiger partial charge is 0.321 e. The number of amides is 2. The molecule has 19 heavy (non-hydrogen) atoms. The maximum absolute atomic E-state index is 12.1. The summed E-state index contributed by atoms with van der Waals surface area (Å²) >= 11 is 0. The number of rotatable bonds is 3. The zero-order chi connectivity index (χ0) is 13.7. The van der Waals surface area contributed by atoms with E-state index < -0.39 is 0 Å². The van der Waals surface area contributed by atoms with Crippen molar-refractivity contribution in [2.24, 2.45) is 0 Å². The highest BCUT2D eigenvalue weighted by Crippen LogP contribution is 2.16. The van der Waals surface area contributed by atoms with Gasteiger partial charge in [-0.15, -0.1) is 0 Å². The molecule has 0 saturated carbocycles. The van der Waals surface area contributed by atoms with Crippen LogP contribution in [0.25, 0.3) is 0 Å².